The first-order valence-electron chi connectivity index (χ1n) is 8.58. The van der Waals surface area contributed by atoms with Crippen molar-refractivity contribution in [2.75, 3.05) is 5.75 Å². The Kier molecular flexibility index (Phi) is 4.67. The van der Waals surface area contributed by atoms with Crippen molar-refractivity contribution < 1.29 is 9.52 Å². The minimum atomic E-state index is -0.476. The molecule has 130 valence electrons. The first-order valence-corrected chi connectivity index (χ1v) is 9.57. The van der Waals surface area contributed by atoms with Crippen molar-refractivity contribution in [1.82, 2.24) is 0 Å². The molecule has 0 aliphatic carbocycles. The first kappa shape index (κ1) is 16.7. The summed E-state index contributed by atoms with van der Waals surface area (Å²) < 4.78 is 5.57. The Balaban J connectivity index is 1.59. The quantitative estimate of drug-likeness (QED) is 0.224. The van der Waals surface area contributed by atoms with Crippen LogP contribution < -0.4 is 5.63 Å². The first-order chi connectivity index (χ1) is 12.7. The SMILES string of the molecule is O=c1oc2c(ccc3ccccc32)c(O)c1SCCCc1ccccc1. The summed E-state index contributed by atoms with van der Waals surface area (Å²) >= 11 is 1.36. The highest BCUT2D eigenvalue weighted by molar-refractivity contribution is 7.99. The highest BCUT2D eigenvalue weighted by Gasteiger charge is 2.16. The third-order valence-corrected chi connectivity index (χ3v) is 5.57. The fourth-order valence-corrected chi connectivity index (χ4v) is 4.02. The molecule has 0 amide bonds. The van der Waals surface area contributed by atoms with Crippen LogP contribution in [0.3, 0.4) is 0 Å². The van der Waals surface area contributed by atoms with Gasteiger partial charge >= 0.3 is 5.63 Å². The smallest absolute Gasteiger partial charge is 0.353 e. The van der Waals surface area contributed by atoms with Crippen LogP contribution in [-0.4, -0.2) is 10.9 Å². The zero-order valence-corrected chi connectivity index (χ0v) is 15.0. The Morgan fingerprint density at radius 3 is 2.50 bits per heavy atom. The molecule has 4 aromatic rings. The van der Waals surface area contributed by atoms with Crippen LogP contribution in [0.4, 0.5) is 0 Å². The van der Waals surface area contributed by atoms with Crippen molar-refractivity contribution >= 4 is 33.5 Å². The Bertz CT molecular complexity index is 1120. The lowest BCUT2D eigenvalue weighted by Crippen LogP contribution is -2.03. The molecular weight excluding hydrogens is 344 g/mol. The van der Waals surface area contributed by atoms with E-state index in [0.717, 1.165) is 29.4 Å². The summed E-state index contributed by atoms with van der Waals surface area (Å²) in [7, 11) is 0. The van der Waals surface area contributed by atoms with Gasteiger partial charge in [-0.1, -0.05) is 60.7 Å². The van der Waals surface area contributed by atoms with Crippen molar-refractivity contribution in [3.63, 3.8) is 0 Å². The monoisotopic (exact) mass is 362 g/mol. The minimum Gasteiger partial charge on any atom is -0.506 e. The van der Waals surface area contributed by atoms with Gasteiger partial charge in [-0.25, -0.2) is 4.79 Å². The van der Waals surface area contributed by atoms with Gasteiger partial charge in [0, 0.05) is 5.39 Å². The summed E-state index contributed by atoms with van der Waals surface area (Å²) in [6.07, 6.45) is 1.86. The van der Waals surface area contributed by atoms with E-state index in [1.807, 2.05) is 54.6 Å². The highest BCUT2D eigenvalue weighted by Crippen LogP contribution is 2.35. The van der Waals surface area contributed by atoms with E-state index in [-0.39, 0.29) is 5.75 Å². The highest BCUT2D eigenvalue weighted by atomic mass is 32.2. The third-order valence-electron chi connectivity index (χ3n) is 4.43. The molecule has 3 nitrogen and oxygen atoms in total. The molecule has 0 aliphatic heterocycles. The second kappa shape index (κ2) is 7.26. The van der Waals surface area contributed by atoms with Crippen LogP contribution in [0.15, 0.2) is 80.8 Å². The molecule has 1 N–H and O–H groups in total. The molecule has 1 aromatic heterocycles. The van der Waals surface area contributed by atoms with Gasteiger partial charge in [0.05, 0.1) is 5.39 Å². The Labute approximate surface area is 155 Å². The van der Waals surface area contributed by atoms with E-state index in [2.05, 4.69) is 12.1 Å². The molecule has 0 saturated carbocycles. The van der Waals surface area contributed by atoms with Crippen LogP contribution in [-0.2, 0) is 6.42 Å². The Morgan fingerprint density at radius 1 is 0.885 bits per heavy atom. The van der Waals surface area contributed by atoms with Crippen LogP contribution >= 0.6 is 11.8 Å². The molecule has 0 bridgehead atoms. The van der Waals surface area contributed by atoms with Crippen LogP contribution in [0.25, 0.3) is 21.7 Å². The normalized spacial score (nSPS) is 11.2. The Morgan fingerprint density at radius 2 is 1.65 bits per heavy atom. The molecule has 3 aromatic carbocycles. The number of benzene rings is 3. The molecule has 0 radical (unpaired) electrons. The lowest BCUT2D eigenvalue weighted by atomic mass is 10.1. The molecule has 0 fully saturated rings. The maximum atomic E-state index is 12.4. The fraction of sp³-hybridized carbons (Fsp3) is 0.136. The molecular formula is C22H18O3S. The molecule has 0 atom stereocenters. The van der Waals surface area contributed by atoms with Gasteiger partial charge in [0.2, 0.25) is 0 Å². The average molecular weight is 362 g/mol. The topological polar surface area (TPSA) is 50.4 Å². The molecule has 4 rings (SSSR count). The van der Waals surface area contributed by atoms with E-state index in [0.29, 0.717) is 15.9 Å². The molecule has 0 spiro atoms. The molecule has 1 heterocycles. The number of hydrogen-bond donors (Lipinski definition) is 1. The maximum absolute atomic E-state index is 12.4. The average Bonchev–Trinajstić information content (AvgIpc) is 2.68. The summed E-state index contributed by atoms with van der Waals surface area (Å²) in [6.45, 7) is 0. The summed E-state index contributed by atoms with van der Waals surface area (Å²) in [5.41, 5.74) is 1.24. The largest absolute Gasteiger partial charge is 0.506 e. The van der Waals surface area contributed by atoms with E-state index in [4.69, 9.17) is 4.42 Å². The van der Waals surface area contributed by atoms with Gasteiger partial charge in [0.15, 0.2) is 0 Å². The van der Waals surface area contributed by atoms with Crippen molar-refractivity contribution in [3.8, 4) is 5.75 Å². The van der Waals surface area contributed by atoms with E-state index in [9.17, 15) is 9.90 Å². The van der Waals surface area contributed by atoms with Gasteiger partial charge in [-0.3, -0.25) is 0 Å². The number of thioether (sulfide) groups is 1. The van der Waals surface area contributed by atoms with E-state index < -0.39 is 5.63 Å². The second-order valence-corrected chi connectivity index (χ2v) is 7.27. The van der Waals surface area contributed by atoms with Crippen LogP contribution in [0.1, 0.15) is 12.0 Å². The fourth-order valence-electron chi connectivity index (χ4n) is 3.12. The van der Waals surface area contributed by atoms with Crippen molar-refractivity contribution in [2.24, 2.45) is 0 Å². The van der Waals surface area contributed by atoms with Gasteiger partial charge in [-0.2, -0.15) is 0 Å². The zero-order valence-electron chi connectivity index (χ0n) is 14.1. The summed E-state index contributed by atoms with van der Waals surface area (Å²) in [5.74, 6) is 0.762. The van der Waals surface area contributed by atoms with E-state index in [1.165, 1.54) is 17.3 Å². The minimum absolute atomic E-state index is 0.0201. The lowest BCUT2D eigenvalue weighted by Gasteiger charge is -2.08. The third kappa shape index (κ3) is 3.20. The summed E-state index contributed by atoms with van der Waals surface area (Å²) in [6, 6.07) is 21.7. The molecule has 0 aliphatic rings. The molecule has 26 heavy (non-hydrogen) atoms. The van der Waals surface area contributed by atoms with Crippen molar-refractivity contribution in [3.05, 3.63) is 82.7 Å². The summed E-state index contributed by atoms with van der Waals surface area (Å²) in [5, 5.41) is 13.0. The van der Waals surface area contributed by atoms with Crippen molar-refractivity contribution in [1.29, 1.82) is 0 Å². The maximum Gasteiger partial charge on any atom is 0.353 e. The number of fused-ring (bicyclic) bond motifs is 3. The van der Waals surface area contributed by atoms with Gasteiger partial charge in [0.1, 0.15) is 16.2 Å². The predicted octanol–water partition coefficient (Wildman–Crippen LogP) is 5.38. The van der Waals surface area contributed by atoms with Gasteiger partial charge in [0.25, 0.3) is 0 Å². The van der Waals surface area contributed by atoms with E-state index >= 15 is 0 Å². The molecule has 4 heteroatoms. The zero-order chi connectivity index (χ0) is 17.9. The summed E-state index contributed by atoms with van der Waals surface area (Å²) in [4.78, 5) is 12.7. The lowest BCUT2D eigenvalue weighted by molar-refractivity contribution is 0.448. The number of aryl methyl sites for hydroxylation is 1. The number of hydrogen-bond acceptors (Lipinski definition) is 4. The van der Waals surface area contributed by atoms with Crippen LogP contribution in [0, 0.1) is 0 Å². The predicted molar refractivity (Wildman–Crippen MR) is 107 cm³/mol. The number of aromatic hydroxyl groups is 1. The van der Waals surface area contributed by atoms with Crippen LogP contribution in [0.5, 0.6) is 5.75 Å². The van der Waals surface area contributed by atoms with Gasteiger partial charge in [-0.05, 0) is 35.6 Å². The Hall–Kier alpha value is -2.72. The van der Waals surface area contributed by atoms with E-state index in [1.54, 1.807) is 0 Å². The molecule has 0 saturated heterocycles. The van der Waals surface area contributed by atoms with Gasteiger partial charge < -0.3 is 9.52 Å². The molecule has 0 unspecified atom stereocenters. The van der Waals surface area contributed by atoms with Gasteiger partial charge in [-0.15, -0.1) is 11.8 Å². The second-order valence-electron chi connectivity index (χ2n) is 6.17. The standard InChI is InChI=1S/C22H18O3S/c23-19-18-13-12-16-10-4-5-11-17(16)20(18)25-22(24)21(19)26-14-6-9-15-7-2-1-3-8-15/h1-5,7-8,10-13,23H,6,9,14H2. The van der Waals surface area contributed by atoms with Crippen molar-refractivity contribution in [2.45, 2.75) is 17.7 Å². The van der Waals surface area contributed by atoms with Crippen LogP contribution in [0.2, 0.25) is 0 Å². The number of rotatable bonds is 5.